The molecule has 2 N–H and O–H groups in total. The molecule has 0 amide bonds. The molecule has 1 atom stereocenters. The Kier molecular flexibility index (Phi) is 6.40. The van der Waals surface area contributed by atoms with Gasteiger partial charge in [-0.25, -0.2) is 0 Å². The molecule has 0 aromatic heterocycles. The largest absolute Gasteiger partial charge is 0.393 e. The van der Waals surface area contributed by atoms with Crippen LogP contribution in [0.5, 0.6) is 0 Å². The van der Waals surface area contributed by atoms with Crippen LogP contribution in [0.4, 0.5) is 0 Å². The summed E-state index contributed by atoms with van der Waals surface area (Å²) in [4.78, 5) is 0.502. The topological polar surface area (TPSA) is 44.5 Å². The molecule has 0 radical (unpaired) electrons. The van der Waals surface area contributed by atoms with Gasteiger partial charge >= 0.3 is 0 Å². The van der Waals surface area contributed by atoms with E-state index < -0.39 is 0 Å². The number of ether oxygens (including phenoxy) is 2. The second-order valence-electron chi connectivity index (χ2n) is 2.37. The molecule has 0 saturated carbocycles. The molecule has 0 aliphatic carbocycles. The summed E-state index contributed by atoms with van der Waals surface area (Å²) < 4.78 is 10.00. The molecule has 0 aliphatic rings. The number of hydrogen-bond donors (Lipinski definition) is 1. The van der Waals surface area contributed by atoms with Crippen LogP contribution in [0.1, 0.15) is 6.92 Å². The summed E-state index contributed by atoms with van der Waals surface area (Å²) in [5.74, 6) is 0.154. The van der Waals surface area contributed by atoms with Crippen molar-refractivity contribution in [3.8, 4) is 0 Å². The van der Waals surface area contributed by atoms with Crippen LogP contribution in [0, 0.1) is 5.92 Å². The van der Waals surface area contributed by atoms with Crippen LogP contribution in [0.25, 0.3) is 0 Å². The van der Waals surface area contributed by atoms with Crippen molar-refractivity contribution >= 4 is 17.2 Å². The normalized spacial score (nSPS) is 12.9. The number of nitrogens with two attached hydrogens (primary N) is 1. The fourth-order valence-electron chi connectivity index (χ4n) is 0.485. The van der Waals surface area contributed by atoms with Gasteiger partial charge in [-0.1, -0.05) is 19.1 Å². The first kappa shape index (κ1) is 10.8. The standard InChI is InChI=1S/C7H15NO2S/c1-6(7(8)11)5-10-4-3-9-2/h6H,3-5H2,1-2H3,(H2,8,11). The second-order valence-corrected chi connectivity index (χ2v) is 2.84. The highest BCUT2D eigenvalue weighted by atomic mass is 32.1. The van der Waals surface area contributed by atoms with Crippen molar-refractivity contribution in [1.82, 2.24) is 0 Å². The monoisotopic (exact) mass is 177 g/mol. The van der Waals surface area contributed by atoms with E-state index in [1.165, 1.54) is 0 Å². The highest BCUT2D eigenvalue weighted by molar-refractivity contribution is 7.80. The molecule has 0 spiro atoms. The van der Waals surface area contributed by atoms with Crippen LogP contribution in [-0.4, -0.2) is 31.9 Å². The average molecular weight is 177 g/mol. The van der Waals surface area contributed by atoms with E-state index in [-0.39, 0.29) is 5.92 Å². The van der Waals surface area contributed by atoms with E-state index in [1.54, 1.807) is 7.11 Å². The lowest BCUT2D eigenvalue weighted by molar-refractivity contribution is 0.0636. The van der Waals surface area contributed by atoms with Crippen molar-refractivity contribution in [1.29, 1.82) is 0 Å². The van der Waals surface area contributed by atoms with Gasteiger partial charge in [-0.2, -0.15) is 0 Å². The third-order valence-electron chi connectivity index (χ3n) is 1.29. The lowest BCUT2D eigenvalue weighted by Crippen LogP contribution is -2.23. The third-order valence-corrected chi connectivity index (χ3v) is 1.69. The Hall–Kier alpha value is -0.190. The summed E-state index contributed by atoms with van der Waals surface area (Å²) >= 11 is 4.76. The first-order valence-corrected chi connectivity index (χ1v) is 3.95. The minimum Gasteiger partial charge on any atom is -0.393 e. The Morgan fingerprint density at radius 3 is 2.64 bits per heavy atom. The number of thiocarbonyl (C=S) groups is 1. The highest BCUT2D eigenvalue weighted by Gasteiger charge is 2.03. The van der Waals surface area contributed by atoms with E-state index in [9.17, 15) is 0 Å². The number of hydrogen-bond acceptors (Lipinski definition) is 3. The molecule has 0 bridgehead atoms. The van der Waals surface area contributed by atoms with Gasteiger partial charge in [0.25, 0.3) is 0 Å². The van der Waals surface area contributed by atoms with E-state index in [4.69, 9.17) is 27.4 Å². The first-order valence-electron chi connectivity index (χ1n) is 3.54. The van der Waals surface area contributed by atoms with Crippen LogP contribution < -0.4 is 5.73 Å². The Morgan fingerprint density at radius 1 is 1.55 bits per heavy atom. The molecular weight excluding hydrogens is 162 g/mol. The Balaban J connectivity index is 3.17. The summed E-state index contributed by atoms with van der Waals surface area (Å²) in [5, 5.41) is 0. The van der Waals surface area contributed by atoms with E-state index in [0.717, 1.165) is 0 Å². The zero-order chi connectivity index (χ0) is 8.69. The molecule has 1 unspecified atom stereocenters. The zero-order valence-corrected chi connectivity index (χ0v) is 7.82. The predicted octanol–water partition coefficient (Wildman–Crippen LogP) is 0.572. The SMILES string of the molecule is COCCOCC(C)C(N)=S. The van der Waals surface area contributed by atoms with Crippen LogP contribution in [0.2, 0.25) is 0 Å². The van der Waals surface area contributed by atoms with Crippen LogP contribution in [-0.2, 0) is 9.47 Å². The molecule has 0 aromatic rings. The minimum absolute atomic E-state index is 0.154. The smallest absolute Gasteiger partial charge is 0.0779 e. The molecular formula is C7H15NO2S. The first-order chi connectivity index (χ1) is 5.18. The maximum Gasteiger partial charge on any atom is 0.0779 e. The molecule has 0 heterocycles. The van der Waals surface area contributed by atoms with Gasteiger partial charge in [-0.05, 0) is 0 Å². The number of methoxy groups -OCH3 is 1. The van der Waals surface area contributed by atoms with Crippen molar-refractivity contribution < 1.29 is 9.47 Å². The molecule has 11 heavy (non-hydrogen) atoms. The van der Waals surface area contributed by atoms with Gasteiger partial charge in [-0.15, -0.1) is 0 Å². The Labute approximate surface area is 72.9 Å². The molecule has 0 aromatic carbocycles. The highest BCUT2D eigenvalue weighted by Crippen LogP contribution is 1.95. The van der Waals surface area contributed by atoms with Crippen molar-refractivity contribution in [3.05, 3.63) is 0 Å². The van der Waals surface area contributed by atoms with Crippen molar-refractivity contribution in [2.75, 3.05) is 26.9 Å². The lowest BCUT2D eigenvalue weighted by atomic mass is 10.2. The van der Waals surface area contributed by atoms with Crippen molar-refractivity contribution in [2.45, 2.75) is 6.92 Å². The summed E-state index contributed by atoms with van der Waals surface area (Å²) in [6, 6.07) is 0. The quantitative estimate of drug-likeness (QED) is 0.476. The zero-order valence-electron chi connectivity index (χ0n) is 7.00. The van der Waals surface area contributed by atoms with Crippen LogP contribution >= 0.6 is 12.2 Å². The van der Waals surface area contributed by atoms with E-state index in [0.29, 0.717) is 24.8 Å². The fraction of sp³-hybridized carbons (Fsp3) is 0.857. The van der Waals surface area contributed by atoms with Crippen LogP contribution in [0.15, 0.2) is 0 Å². The van der Waals surface area contributed by atoms with Gasteiger partial charge in [0, 0.05) is 13.0 Å². The van der Waals surface area contributed by atoms with E-state index in [2.05, 4.69) is 0 Å². The number of rotatable bonds is 6. The molecule has 0 fully saturated rings. The summed E-state index contributed by atoms with van der Waals surface area (Å²) in [6.45, 7) is 3.74. The van der Waals surface area contributed by atoms with Gasteiger partial charge in [0.15, 0.2) is 0 Å². The summed E-state index contributed by atoms with van der Waals surface area (Å²) in [5.41, 5.74) is 5.37. The van der Waals surface area contributed by atoms with Crippen molar-refractivity contribution in [2.24, 2.45) is 11.7 Å². The fourth-order valence-corrected chi connectivity index (χ4v) is 0.553. The predicted molar refractivity (Wildman–Crippen MR) is 48.6 cm³/mol. The Morgan fingerprint density at radius 2 is 2.18 bits per heavy atom. The molecule has 3 nitrogen and oxygen atoms in total. The van der Waals surface area contributed by atoms with Crippen LogP contribution in [0.3, 0.4) is 0 Å². The summed E-state index contributed by atoms with van der Waals surface area (Å²) in [6.07, 6.45) is 0. The maximum atomic E-state index is 5.37. The van der Waals surface area contributed by atoms with Gasteiger partial charge in [0.05, 0.1) is 24.8 Å². The molecule has 0 rings (SSSR count). The van der Waals surface area contributed by atoms with E-state index >= 15 is 0 Å². The summed E-state index contributed by atoms with van der Waals surface area (Å²) in [7, 11) is 1.64. The molecule has 66 valence electrons. The van der Waals surface area contributed by atoms with Gasteiger partial charge in [0.1, 0.15) is 0 Å². The van der Waals surface area contributed by atoms with Gasteiger partial charge in [-0.3, -0.25) is 0 Å². The van der Waals surface area contributed by atoms with Gasteiger partial charge in [0.2, 0.25) is 0 Å². The molecule has 0 aliphatic heterocycles. The van der Waals surface area contributed by atoms with Gasteiger partial charge < -0.3 is 15.2 Å². The Bertz CT molecular complexity index is 119. The molecule has 0 saturated heterocycles. The third kappa shape index (κ3) is 6.22. The van der Waals surface area contributed by atoms with E-state index in [1.807, 2.05) is 6.92 Å². The maximum absolute atomic E-state index is 5.37. The molecule has 4 heteroatoms. The minimum atomic E-state index is 0.154. The van der Waals surface area contributed by atoms with Crippen molar-refractivity contribution in [3.63, 3.8) is 0 Å². The average Bonchev–Trinajstić information content (AvgIpc) is 1.97. The lowest BCUT2D eigenvalue weighted by Gasteiger charge is -2.09. The second kappa shape index (κ2) is 6.52.